The number of aromatic nitrogens is 1. The second kappa shape index (κ2) is 3.81. The molecular weight excluding hydrogens is 142 g/mol. The van der Waals surface area contributed by atoms with E-state index >= 15 is 0 Å². The number of hydrogen-bond acceptors (Lipinski definition) is 2. The fourth-order valence-corrected chi connectivity index (χ4v) is 0.827. The minimum atomic E-state index is -0.222. The molecule has 0 aliphatic heterocycles. The Balaban J connectivity index is 2.19. The zero-order valence-electron chi connectivity index (χ0n) is 6.46. The minimum Gasteiger partial charge on any atom is -0.466 e. The second-order valence-corrected chi connectivity index (χ2v) is 2.31. The van der Waals surface area contributed by atoms with Crippen molar-refractivity contribution in [3.05, 3.63) is 24.0 Å². The van der Waals surface area contributed by atoms with E-state index < -0.39 is 0 Å². The van der Waals surface area contributed by atoms with Gasteiger partial charge in [-0.05, 0) is 11.6 Å². The Labute approximate surface area is 65.4 Å². The van der Waals surface area contributed by atoms with Crippen LogP contribution in [0.25, 0.3) is 0 Å². The van der Waals surface area contributed by atoms with Crippen LogP contribution in [-0.4, -0.2) is 17.6 Å². The van der Waals surface area contributed by atoms with Gasteiger partial charge in [-0.2, -0.15) is 0 Å². The first-order valence-electron chi connectivity index (χ1n) is 3.54. The van der Waals surface area contributed by atoms with E-state index in [2.05, 4.69) is 4.98 Å². The van der Waals surface area contributed by atoms with E-state index in [-0.39, 0.29) is 5.97 Å². The number of aromatic amines is 1. The molecule has 0 bridgehead atoms. The molecule has 0 aromatic carbocycles. The molecule has 3 heteroatoms. The molecule has 0 fully saturated rings. The van der Waals surface area contributed by atoms with E-state index in [1.807, 2.05) is 18.5 Å². The predicted octanol–water partition coefficient (Wildman–Crippen LogP) is 1.12. The predicted molar refractivity (Wildman–Crippen MR) is 41.1 cm³/mol. The Bertz CT molecular complexity index is 216. The van der Waals surface area contributed by atoms with Crippen molar-refractivity contribution in [2.75, 3.05) is 6.61 Å². The van der Waals surface area contributed by atoms with Gasteiger partial charge in [0.05, 0.1) is 6.61 Å². The van der Waals surface area contributed by atoms with Crippen molar-refractivity contribution < 1.29 is 9.53 Å². The maximum absolute atomic E-state index is 10.3. The van der Waals surface area contributed by atoms with Crippen molar-refractivity contribution in [1.29, 1.82) is 0 Å². The summed E-state index contributed by atoms with van der Waals surface area (Å²) in [7, 11) is 0. The summed E-state index contributed by atoms with van der Waals surface area (Å²) in [5.41, 5.74) is 1.16. The number of rotatable bonds is 3. The number of hydrogen-bond donors (Lipinski definition) is 1. The fraction of sp³-hybridized carbons (Fsp3) is 0.375. The van der Waals surface area contributed by atoms with Gasteiger partial charge in [-0.3, -0.25) is 4.79 Å². The van der Waals surface area contributed by atoms with Crippen molar-refractivity contribution in [3.8, 4) is 0 Å². The number of carbonyl (C=O) groups excluding carboxylic acids is 1. The Hall–Kier alpha value is -1.25. The molecule has 0 radical (unpaired) electrons. The van der Waals surface area contributed by atoms with E-state index in [1.165, 1.54) is 6.92 Å². The fourth-order valence-electron chi connectivity index (χ4n) is 0.827. The lowest BCUT2D eigenvalue weighted by molar-refractivity contribution is -0.140. The normalized spacial score (nSPS) is 9.55. The molecule has 1 aromatic rings. The summed E-state index contributed by atoms with van der Waals surface area (Å²) in [4.78, 5) is 13.3. The highest BCUT2D eigenvalue weighted by Crippen LogP contribution is 1.97. The van der Waals surface area contributed by atoms with Gasteiger partial charge in [0.25, 0.3) is 0 Å². The van der Waals surface area contributed by atoms with Gasteiger partial charge in [0, 0.05) is 25.7 Å². The first-order chi connectivity index (χ1) is 5.29. The number of H-pyrrole nitrogens is 1. The lowest BCUT2D eigenvalue weighted by Crippen LogP contribution is -2.02. The van der Waals surface area contributed by atoms with E-state index in [4.69, 9.17) is 4.74 Å². The van der Waals surface area contributed by atoms with Gasteiger partial charge in [-0.25, -0.2) is 0 Å². The molecule has 0 saturated heterocycles. The van der Waals surface area contributed by atoms with Crippen molar-refractivity contribution in [2.45, 2.75) is 13.3 Å². The van der Waals surface area contributed by atoms with Crippen LogP contribution in [0.15, 0.2) is 18.5 Å². The third-order valence-corrected chi connectivity index (χ3v) is 1.36. The van der Waals surface area contributed by atoms with Gasteiger partial charge in [0.2, 0.25) is 0 Å². The highest BCUT2D eigenvalue weighted by atomic mass is 16.5. The van der Waals surface area contributed by atoms with E-state index in [9.17, 15) is 4.79 Å². The summed E-state index contributed by atoms with van der Waals surface area (Å²) in [5.74, 6) is -0.222. The lowest BCUT2D eigenvalue weighted by Gasteiger charge is -1.98. The van der Waals surface area contributed by atoms with Crippen LogP contribution in [0, 0.1) is 0 Å². The van der Waals surface area contributed by atoms with Crippen LogP contribution < -0.4 is 0 Å². The maximum atomic E-state index is 10.3. The molecule has 1 heterocycles. The van der Waals surface area contributed by atoms with Gasteiger partial charge in [-0.15, -0.1) is 0 Å². The molecule has 0 spiro atoms. The smallest absolute Gasteiger partial charge is 0.302 e. The molecule has 0 aliphatic carbocycles. The average molecular weight is 153 g/mol. The summed E-state index contributed by atoms with van der Waals surface area (Å²) < 4.78 is 4.76. The summed E-state index contributed by atoms with van der Waals surface area (Å²) in [6, 6.07) is 1.96. The lowest BCUT2D eigenvalue weighted by atomic mass is 10.2. The van der Waals surface area contributed by atoms with Crippen molar-refractivity contribution in [2.24, 2.45) is 0 Å². The first-order valence-corrected chi connectivity index (χ1v) is 3.54. The second-order valence-electron chi connectivity index (χ2n) is 2.31. The summed E-state index contributed by atoms with van der Waals surface area (Å²) in [6.07, 6.45) is 4.52. The van der Waals surface area contributed by atoms with E-state index in [1.54, 1.807) is 0 Å². The van der Waals surface area contributed by atoms with E-state index in [0.29, 0.717) is 6.61 Å². The molecule has 1 aromatic heterocycles. The van der Waals surface area contributed by atoms with E-state index in [0.717, 1.165) is 12.0 Å². The highest BCUT2D eigenvalue weighted by molar-refractivity contribution is 5.65. The van der Waals surface area contributed by atoms with Crippen LogP contribution in [0.2, 0.25) is 0 Å². The monoisotopic (exact) mass is 153 g/mol. The third-order valence-electron chi connectivity index (χ3n) is 1.36. The minimum absolute atomic E-state index is 0.222. The Morgan fingerprint density at radius 2 is 2.55 bits per heavy atom. The van der Waals surface area contributed by atoms with Crippen LogP contribution in [0.4, 0.5) is 0 Å². The molecule has 1 rings (SSSR count). The van der Waals surface area contributed by atoms with Gasteiger partial charge in [-0.1, -0.05) is 0 Å². The van der Waals surface area contributed by atoms with Crippen molar-refractivity contribution in [1.82, 2.24) is 4.98 Å². The zero-order chi connectivity index (χ0) is 8.10. The topological polar surface area (TPSA) is 42.1 Å². The highest BCUT2D eigenvalue weighted by Gasteiger charge is 1.94. The van der Waals surface area contributed by atoms with Crippen LogP contribution in [0.1, 0.15) is 12.5 Å². The number of carbonyl (C=O) groups is 1. The zero-order valence-corrected chi connectivity index (χ0v) is 6.46. The van der Waals surface area contributed by atoms with Crippen molar-refractivity contribution in [3.63, 3.8) is 0 Å². The third kappa shape index (κ3) is 2.89. The molecule has 1 N–H and O–H groups in total. The average Bonchev–Trinajstić information content (AvgIpc) is 2.39. The quantitative estimate of drug-likeness (QED) is 0.661. The van der Waals surface area contributed by atoms with Gasteiger partial charge < -0.3 is 9.72 Å². The van der Waals surface area contributed by atoms with Crippen LogP contribution >= 0.6 is 0 Å². The molecule has 11 heavy (non-hydrogen) atoms. The number of nitrogens with one attached hydrogen (secondary N) is 1. The number of ether oxygens (including phenoxy) is 1. The molecule has 3 nitrogen and oxygen atoms in total. The van der Waals surface area contributed by atoms with Crippen molar-refractivity contribution >= 4 is 5.97 Å². The van der Waals surface area contributed by atoms with Crippen LogP contribution in [0.5, 0.6) is 0 Å². The van der Waals surface area contributed by atoms with Gasteiger partial charge in [0.1, 0.15) is 0 Å². The summed E-state index contributed by atoms with van der Waals surface area (Å²) in [6.45, 7) is 1.88. The molecule has 0 aliphatic rings. The molecule has 0 saturated carbocycles. The number of esters is 1. The first kappa shape index (κ1) is 7.85. The summed E-state index contributed by atoms with van der Waals surface area (Å²) in [5, 5.41) is 0. The molecule has 0 amide bonds. The molecule has 0 atom stereocenters. The molecule has 60 valence electrons. The SMILES string of the molecule is CC(=O)OCCc1cc[nH]c1. The van der Waals surface area contributed by atoms with Gasteiger partial charge >= 0.3 is 5.97 Å². The Morgan fingerprint density at radius 1 is 1.73 bits per heavy atom. The standard InChI is InChI=1S/C8H11NO2/c1-7(10)11-5-3-8-2-4-9-6-8/h2,4,6,9H,3,5H2,1H3. The summed E-state index contributed by atoms with van der Waals surface area (Å²) >= 11 is 0. The largest absolute Gasteiger partial charge is 0.466 e. The molecular formula is C8H11NO2. The maximum Gasteiger partial charge on any atom is 0.302 e. The Morgan fingerprint density at radius 3 is 3.09 bits per heavy atom. The van der Waals surface area contributed by atoms with Crippen LogP contribution in [0.3, 0.4) is 0 Å². The Kier molecular flexibility index (Phi) is 2.72. The van der Waals surface area contributed by atoms with Crippen LogP contribution in [-0.2, 0) is 16.0 Å². The van der Waals surface area contributed by atoms with Gasteiger partial charge in [0.15, 0.2) is 0 Å². The molecule has 0 unspecified atom stereocenters.